The predicted octanol–water partition coefficient (Wildman–Crippen LogP) is 5.45. The zero-order valence-corrected chi connectivity index (χ0v) is 13.9. The molecule has 0 fully saturated rings. The smallest absolute Gasteiger partial charge is 0.123 e. The molecule has 0 aliphatic rings. The minimum atomic E-state index is -0.257. The lowest BCUT2D eigenvalue weighted by atomic mass is 10.0. The molecule has 26 heavy (non-hydrogen) atoms. The van der Waals surface area contributed by atoms with Gasteiger partial charge in [-0.2, -0.15) is 5.10 Å². The maximum Gasteiger partial charge on any atom is 0.123 e. The number of hydrogen-bond donors (Lipinski definition) is 1. The molecule has 1 N–H and O–H groups in total. The number of nitrogens with one attached hydrogen (secondary N) is 1. The first-order chi connectivity index (χ1) is 12.8. The number of aromatic nitrogens is 3. The standard InChI is InChI=1S/C22H16FN3/c23-19-9-7-17(8-10-19)22-21(15-25-26-22)18-12-13-24-20(14-18)11-6-16-4-2-1-3-5-16/h1-15H,(H,25,26). The number of nitrogens with zero attached hydrogens (tertiary/aromatic N) is 2. The van der Waals surface area contributed by atoms with Crippen molar-refractivity contribution in [3.63, 3.8) is 0 Å². The molecule has 0 atom stereocenters. The summed E-state index contributed by atoms with van der Waals surface area (Å²) in [6, 6.07) is 20.4. The molecule has 126 valence electrons. The Bertz CT molecular complexity index is 1030. The zero-order valence-electron chi connectivity index (χ0n) is 13.9. The van der Waals surface area contributed by atoms with Crippen LogP contribution in [0.3, 0.4) is 0 Å². The lowest BCUT2D eigenvalue weighted by Gasteiger charge is -2.05. The first kappa shape index (κ1) is 16.0. The highest BCUT2D eigenvalue weighted by atomic mass is 19.1. The summed E-state index contributed by atoms with van der Waals surface area (Å²) in [5, 5.41) is 7.17. The van der Waals surface area contributed by atoms with Crippen molar-refractivity contribution >= 4 is 12.2 Å². The molecule has 2 heterocycles. The number of rotatable bonds is 4. The van der Waals surface area contributed by atoms with Crippen LogP contribution in [0.4, 0.5) is 4.39 Å². The van der Waals surface area contributed by atoms with Crippen molar-refractivity contribution in [2.45, 2.75) is 0 Å². The average Bonchev–Trinajstić information content (AvgIpc) is 3.18. The second-order valence-electron chi connectivity index (χ2n) is 5.88. The molecule has 2 aromatic heterocycles. The van der Waals surface area contributed by atoms with Crippen LogP contribution in [0.2, 0.25) is 0 Å². The van der Waals surface area contributed by atoms with E-state index in [2.05, 4.69) is 15.2 Å². The Morgan fingerprint density at radius 2 is 1.65 bits per heavy atom. The van der Waals surface area contributed by atoms with Crippen LogP contribution in [0.25, 0.3) is 34.5 Å². The fourth-order valence-electron chi connectivity index (χ4n) is 2.79. The molecule has 0 amide bonds. The number of hydrogen-bond acceptors (Lipinski definition) is 2. The van der Waals surface area contributed by atoms with Crippen molar-refractivity contribution in [1.29, 1.82) is 0 Å². The van der Waals surface area contributed by atoms with E-state index < -0.39 is 0 Å². The van der Waals surface area contributed by atoms with Crippen molar-refractivity contribution < 1.29 is 4.39 Å². The highest BCUT2D eigenvalue weighted by Gasteiger charge is 2.10. The Morgan fingerprint density at radius 3 is 2.46 bits per heavy atom. The SMILES string of the molecule is Fc1ccc(-c2[nH]ncc2-c2ccnc(C=Cc3ccccc3)c2)cc1. The van der Waals surface area contributed by atoms with E-state index in [0.717, 1.165) is 33.6 Å². The molecular formula is C22H16FN3. The summed E-state index contributed by atoms with van der Waals surface area (Å²) in [6.45, 7) is 0. The van der Waals surface area contributed by atoms with Gasteiger partial charge in [0.15, 0.2) is 0 Å². The number of aromatic amines is 1. The van der Waals surface area contributed by atoms with Crippen LogP contribution < -0.4 is 0 Å². The molecule has 4 heteroatoms. The molecule has 0 aliphatic carbocycles. The van der Waals surface area contributed by atoms with Gasteiger partial charge < -0.3 is 0 Å². The van der Waals surface area contributed by atoms with E-state index in [-0.39, 0.29) is 5.82 Å². The maximum atomic E-state index is 13.2. The van der Waals surface area contributed by atoms with Gasteiger partial charge in [0, 0.05) is 17.3 Å². The van der Waals surface area contributed by atoms with Gasteiger partial charge in [0.05, 0.1) is 17.6 Å². The van der Waals surface area contributed by atoms with Crippen LogP contribution >= 0.6 is 0 Å². The van der Waals surface area contributed by atoms with E-state index in [1.807, 2.05) is 54.6 Å². The molecule has 0 spiro atoms. The lowest BCUT2D eigenvalue weighted by molar-refractivity contribution is 0.628. The summed E-state index contributed by atoms with van der Waals surface area (Å²) in [7, 11) is 0. The summed E-state index contributed by atoms with van der Waals surface area (Å²) >= 11 is 0. The van der Waals surface area contributed by atoms with Gasteiger partial charge in [0.2, 0.25) is 0 Å². The molecule has 4 aromatic rings. The van der Waals surface area contributed by atoms with Crippen LogP contribution in [0.15, 0.2) is 79.1 Å². The van der Waals surface area contributed by atoms with E-state index in [4.69, 9.17) is 0 Å². The average molecular weight is 341 g/mol. The van der Waals surface area contributed by atoms with Crippen LogP contribution in [-0.4, -0.2) is 15.2 Å². The highest BCUT2D eigenvalue weighted by Crippen LogP contribution is 2.30. The van der Waals surface area contributed by atoms with Gasteiger partial charge in [-0.3, -0.25) is 10.1 Å². The molecule has 0 radical (unpaired) electrons. The van der Waals surface area contributed by atoms with Crippen molar-refractivity contribution in [1.82, 2.24) is 15.2 Å². The summed E-state index contributed by atoms with van der Waals surface area (Å²) in [6.07, 6.45) is 7.57. The molecule has 0 unspecified atom stereocenters. The van der Waals surface area contributed by atoms with E-state index in [9.17, 15) is 4.39 Å². The van der Waals surface area contributed by atoms with Crippen LogP contribution in [0, 0.1) is 5.82 Å². The van der Waals surface area contributed by atoms with Gasteiger partial charge in [0.25, 0.3) is 0 Å². The summed E-state index contributed by atoms with van der Waals surface area (Å²) in [4.78, 5) is 4.41. The van der Waals surface area contributed by atoms with Crippen molar-refractivity contribution in [2.75, 3.05) is 0 Å². The highest BCUT2D eigenvalue weighted by molar-refractivity contribution is 5.81. The molecule has 2 aromatic carbocycles. The monoisotopic (exact) mass is 341 g/mol. The summed E-state index contributed by atoms with van der Waals surface area (Å²) < 4.78 is 13.2. The molecule has 3 nitrogen and oxygen atoms in total. The van der Waals surface area contributed by atoms with Gasteiger partial charge in [-0.05, 0) is 53.6 Å². The Kier molecular flexibility index (Phi) is 4.39. The van der Waals surface area contributed by atoms with Gasteiger partial charge in [0.1, 0.15) is 5.82 Å². The predicted molar refractivity (Wildman–Crippen MR) is 103 cm³/mol. The van der Waals surface area contributed by atoms with Crippen LogP contribution in [0.5, 0.6) is 0 Å². The van der Waals surface area contributed by atoms with Crippen molar-refractivity contribution in [3.05, 3.63) is 96.2 Å². The van der Waals surface area contributed by atoms with E-state index in [1.54, 1.807) is 24.5 Å². The molecular weight excluding hydrogens is 325 g/mol. The first-order valence-electron chi connectivity index (χ1n) is 8.28. The second kappa shape index (κ2) is 7.15. The minimum absolute atomic E-state index is 0.257. The maximum absolute atomic E-state index is 13.2. The van der Waals surface area contributed by atoms with E-state index >= 15 is 0 Å². The normalized spacial score (nSPS) is 11.1. The third-order valence-corrected chi connectivity index (χ3v) is 4.11. The van der Waals surface area contributed by atoms with Crippen LogP contribution in [0.1, 0.15) is 11.3 Å². The van der Waals surface area contributed by atoms with Gasteiger partial charge in [-0.1, -0.05) is 36.4 Å². The molecule has 0 aliphatic heterocycles. The Balaban J connectivity index is 1.67. The molecule has 0 saturated carbocycles. The fourth-order valence-corrected chi connectivity index (χ4v) is 2.79. The largest absolute Gasteiger partial charge is 0.277 e. The second-order valence-corrected chi connectivity index (χ2v) is 5.88. The molecule has 0 bridgehead atoms. The van der Waals surface area contributed by atoms with Gasteiger partial charge in [-0.15, -0.1) is 0 Å². The lowest BCUT2D eigenvalue weighted by Crippen LogP contribution is -1.86. The van der Waals surface area contributed by atoms with Crippen LogP contribution in [-0.2, 0) is 0 Å². The van der Waals surface area contributed by atoms with Gasteiger partial charge in [-0.25, -0.2) is 4.39 Å². The molecule has 4 rings (SSSR count). The zero-order chi connectivity index (χ0) is 17.8. The van der Waals surface area contributed by atoms with E-state index in [0.29, 0.717) is 0 Å². The first-order valence-corrected chi connectivity index (χ1v) is 8.28. The Morgan fingerprint density at radius 1 is 0.846 bits per heavy atom. The number of H-pyrrole nitrogens is 1. The third kappa shape index (κ3) is 3.44. The number of halogens is 1. The molecule has 0 saturated heterocycles. The van der Waals surface area contributed by atoms with Crippen molar-refractivity contribution in [3.8, 4) is 22.4 Å². The summed E-state index contributed by atoms with van der Waals surface area (Å²) in [5.74, 6) is -0.257. The Labute approximate surface area is 150 Å². The number of pyridine rings is 1. The minimum Gasteiger partial charge on any atom is -0.277 e. The number of benzene rings is 2. The van der Waals surface area contributed by atoms with Gasteiger partial charge >= 0.3 is 0 Å². The topological polar surface area (TPSA) is 41.6 Å². The quantitative estimate of drug-likeness (QED) is 0.536. The third-order valence-electron chi connectivity index (χ3n) is 4.11. The Hall–Kier alpha value is -3.53. The summed E-state index contributed by atoms with van der Waals surface area (Å²) in [5.41, 5.74) is 5.67. The van der Waals surface area contributed by atoms with Crippen molar-refractivity contribution in [2.24, 2.45) is 0 Å². The van der Waals surface area contributed by atoms with E-state index in [1.165, 1.54) is 12.1 Å². The fraction of sp³-hybridized carbons (Fsp3) is 0.